The summed E-state index contributed by atoms with van der Waals surface area (Å²) in [4.78, 5) is 18.0. The Bertz CT molecular complexity index is 1010. The number of hydrogen-bond acceptors (Lipinski definition) is 5. The molecule has 1 fully saturated rings. The maximum atomic E-state index is 13.3. The molecule has 4 rings (SSSR count). The maximum absolute atomic E-state index is 13.3. The van der Waals surface area contributed by atoms with Crippen molar-refractivity contribution >= 4 is 11.5 Å². The Morgan fingerprint density at radius 3 is 2.42 bits per heavy atom. The van der Waals surface area contributed by atoms with E-state index in [1.54, 1.807) is 13.4 Å². The molecule has 1 aliphatic heterocycles. The molecule has 0 radical (unpaired) electrons. The number of carbonyl (C=O) groups excluding carboxylic acids is 1. The average molecular weight is 422 g/mol. The Labute approximate surface area is 184 Å². The van der Waals surface area contributed by atoms with Gasteiger partial charge in [-0.25, -0.2) is 0 Å². The summed E-state index contributed by atoms with van der Waals surface area (Å²) in [5, 5.41) is 0. The van der Waals surface area contributed by atoms with Crippen molar-refractivity contribution in [2.24, 2.45) is 0 Å². The SMILES string of the molecule is COc1ccc(N2CCN([C@H](C)C(=O)c3cc(C)n(Cc4ccco4)c3C)CC2)cc1. The van der Waals surface area contributed by atoms with E-state index >= 15 is 0 Å². The highest BCUT2D eigenvalue weighted by molar-refractivity contribution is 6.01. The predicted octanol–water partition coefficient (Wildman–Crippen LogP) is 4.15. The summed E-state index contributed by atoms with van der Waals surface area (Å²) in [5.41, 5.74) is 4.09. The van der Waals surface area contributed by atoms with Crippen molar-refractivity contribution in [1.82, 2.24) is 9.47 Å². The Kier molecular flexibility index (Phi) is 6.18. The van der Waals surface area contributed by atoms with Gasteiger partial charge in [-0.2, -0.15) is 0 Å². The highest BCUT2D eigenvalue weighted by atomic mass is 16.5. The van der Waals surface area contributed by atoms with Gasteiger partial charge in [0.1, 0.15) is 11.5 Å². The largest absolute Gasteiger partial charge is 0.497 e. The van der Waals surface area contributed by atoms with E-state index in [9.17, 15) is 4.79 Å². The first-order valence-electron chi connectivity index (χ1n) is 10.8. The lowest BCUT2D eigenvalue weighted by atomic mass is 10.0. The maximum Gasteiger partial charge on any atom is 0.181 e. The number of aromatic nitrogens is 1. The summed E-state index contributed by atoms with van der Waals surface area (Å²) >= 11 is 0. The van der Waals surface area contributed by atoms with Crippen molar-refractivity contribution in [3.8, 4) is 5.75 Å². The van der Waals surface area contributed by atoms with Crippen molar-refractivity contribution in [2.45, 2.75) is 33.4 Å². The molecule has 31 heavy (non-hydrogen) atoms. The first kappa shape index (κ1) is 21.2. The zero-order valence-electron chi connectivity index (χ0n) is 18.8. The molecule has 0 aliphatic carbocycles. The number of Topliss-reactive ketones (excluding diaryl/α,β-unsaturated/α-hetero) is 1. The van der Waals surface area contributed by atoms with Crippen LogP contribution < -0.4 is 9.64 Å². The molecule has 1 aromatic carbocycles. The third-order valence-electron chi connectivity index (χ3n) is 6.41. The van der Waals surface area contributed by atoms with E-state index in [1.807, 2.05) is 51.1 Å². The molecule has 3 aromatic rings. The van der Waals surface area contributed by atoms with E-state index in [-0.39, 0.29) is 11.8 Å². The topological polar surface area (TPSA) is 50.9 Å². The fourth-order valence-electron chi connectivity index (χ4n) is 4.40. The second-order valence-corrected chi connectivity index (χ2v) is 8.21. The zero-order valence-corrected chi connectivity index (χ0v) is 18.8. The number of hydrogen-bond donors (Lipinski definition) is 0. The van der Waals surface area contributed by atoms with Crippen LogP contribution in [0.3, 0.4) is 0 Å². The van der Waals surface area contributed by atoms with E-state index in [1.165, 1.54) is 5.69 Å². The number of furan rings is 1. The van der Waals surface area contributed by atoms with Gasteiger partial charge in [0, 0.05) is 48.8 Å². The Morgan fingerprint density at radius 2 is 1.81 bits per heavy atom. The van der Waals surface area contributed by atoms with E-state index < -0.39 is 0 Å². The number of methoxy groups -OCH3 is 1. The van der Waals surface area contributed by atoms with Gasteiger partial charge in [0.05, 0.1) is 26.0 Å². The minimum Gasteiger partial charge on any atom is -0.497 e. The van der Waals surface area contributed by atoms with Gasteiger partial charge in [0.25, 0.3) is 0 Å². The van der Waals surface area contributed by atoms with Gasteiger partial charge in [-0.15, -0.1) is 0 Å². The van der Waals surface area contributed by atoms with Gasteiger partial charge in [-0.1, -0.05) is 0 Å². The minimum absolute atomic E-state index is 0.143. The molecule has 6 nitrogen and oxygen atoms in total. The van der Waals surface area contributed by atoms with Crippen LogP contribution in [0.25, 0.3) is 0 Å². The lowest BCUT2D eigenvalue weighted by molar-refractivity contribution is 0.0829. The molecule has 0 N–H and O–H groups in total. The standard InChI is InChI=1S/C25H31N3O3/c1-18-16-24(19(2)28(18)17-23-6-5-15-31-23)25(29)20(3)26-11-13-27(14-12-26)21-7-9-22(30-4)10-8-21/h5-10,15-16,20H,11-14,17H2,1-4H3/t20-/m1/s1. The molecule has 6 heteroatoms. The van der Waals surface area contributed by atoms with Crippen LogP contribution in [0.2, 0.25) is 0 Å². The molecule has 0 spiro atoms. The highest BCUT2D eigenvalue weighted by Gasteiger charge is 2.28. The number of ketones is 1. The Hall–Kier alpha value is -2.99. The molecule has 3 heterocycles. The molecule has 1 saturated heterocycles. The highest BCUT2D eigenvalue weighted by Crippen LogP contribution is 2.23. The molecule has 0 bridgehead atoms. The number of aryl methyl sites for hydroxylation is 1. The van der Waals surface area contributed by atoms with Crippen LogP contribution in [-0.4, -0.2) is 54.6 Å². The number of piperazine rings is 1. The zero-order chi connectivity index (χ0) is 22.0. The fraction of sp³-hybridized carbons (Fsp3) is 0.400. The number of nitrogens with zero attached hydrogens (tertiary/aromatic N) is 3. The smallest absolute Gasteiger partial charge is 0.181 e. The number of carbonyl (C=O) groups is 1. The van der Waals surface area contributed by atoms with E-state index in [0.717, 1.165) is 54.6 Å². The van der Waals surface area contributed by atoms with E-state index in [2.05, 4.69) is 26.5 Å². The third kappa shape index (κ3) is 4.39. The van der Waals surface area contributed by atoms with Gasteiger partial charge in [-0.05, 0) is 63.2 Å². The van der Waals surface area contributed by atoms with Gasteiger partial charge < -0.3 is 18.6 Å². The first-order valence-corrected chi connectivity index (χ1v) is 10.8. The average Bonchev–Trinajstić information content (AvgIpc) is 3.42. The monoisotopic (exact) mass is 421 g/mol. The van der Waals surface area contributed by atoms with Crippen molar-refractivity contribution in [1.29, 1.82) is 0 Å². The quantitative estimate of drug-likeness (QED) is 0.537. The Balaban J connectivity index is 1.41. The first-order chi connectivity index (χ1) is 15.0. The Morgan fingerprint density at radius 1 is 1.10 bits per heavy atom. The summed E-state index contributed by atoms with van der Waals surface area (Å²) in [5.74, 6) is 1.95. The molecule has 1 aliphatic rings. The van der Waals surface area contributed by atoms with E-state index in [4.69, 9.17) is 9.15 Å². The normalized spacial score (nSPS) is 15.8. The van der Waals surface area contributed by atoms with Crippen LogP contribution in [0.1, 0.15) is 34.4 Å². The van der Waals surface area contributed by atoms with Gasteiger partial charge in [-0.3, -0.25) is 9.69 Å². The number of rotatable bonds is 7. The van der Waals surface area contributed by atoms with Crippen molar-refractivity contribution in [3.63, 3.8) is 0 Å². The van der Waals surface area contributed by atoms with Gasteiger partial charge >= 0.3 is 0 Å². The molecular formula is C25H31N3O3. The van der Waals surface area contributed by atoms with Crippen LogP contribution in [0.15, 0.2) is 53.1 Å². The molecule has 2 aromatic heterocycles. The minimum atomic E-state index is -0.143. The van der Waals surface area contributed by atoms with Gasteiger partial charge in [0.15, 0.2) is 5.78 Å². The molecule has 0 amide bonds. The van der Waals surface area contributed by atoms with Crippen molar-refractivity contribution in [3.05, 3.63) is 71.4 Å². The predicted molar refractivity (Wildman–Crippen MR) is 122 cm³/mol. The molecule has 0 unspecified atom stereocenters. The lowest BCUT2D eigenvalue weighted by Gasteiger charge is -2.38. The summed E-state index contributed by atoms with van der Waals surface area (Å²) in [6, 6.07) is 13.9. The molecular weight excluding hydrogens is 390 g/mol. The summed E-state index contributed by atoms with van der Waals surface area (Å²) in [6.07, 6.45) is 1.68. The second-order valence-electron chi connectivity index (χ2n) is 8.21. The summed E-state index contributed by atoms with van der Waals surface area (Å²) in [7, 11) is 1.68. The van der Waals surface area contributed by atoms with Crippen LogP contribution in [-0.2, 0) is 6.54 Å². The van der Waals surface area contributed by atoms with Crippen molar-refractivity contribution in [2.75, 3.05) is 38.2 Å². The second kappa shape index (κ2) is 9.02. The fourth-order valence-corrected chi connectivity index (χ4v) is 4.40. The van der Waals surface area contributed by atoms with Crippen LogP contribution in [0.4, 0.5) is 5.69 Å². The third-order valence-corrected chi connectivity index (χ3v) is 6.41. The number of ether oxygens (including phenoxy) is 1. The van der Waals surface area contributed by atoms with E-state index in [0.29, 0.717) is 6.54 Å². The lowest BCUT2D eigenvalue weighted by Crippen LogP contribution is -2.51. The number of anilines is 1. The van der Waals surface area contributed by atoms with Crippen LogP contribution >= 0.6 is 0 Å². The van der Waals surface area contributed by atoms with Crippen LogP contribution in [0, 0.1) is 13.8 Å². The molecule has 164 valence electrons. The van der Waals surface area contributed by atoms with Crippen LogP contribution in [0.5, 0.6) is 5.75 Å². The number of benzene rings is 1. The summed E-state index contributed by atoms with van der Waals surface area (Å²) < 4.78 is 12.9. The molecule has 1 atom stereocenters. The molecule has 0 saturated carbocycles. The van der Waals surface area contributed by atoms with Gasteiger partial charge in [0.2, 0.25) is 0 Å². The van der Waals surface area contributed by atoms with Crippen molar-refractivity contribution < 1.29 is 13.9 Å². The summed E-state index contributed by atoms with van der Waals surface area (Å²) in [6.45, 7) is 10.3.